The minimum atomic E-state index is -0.431. The molecule has 3 aromatic rings. The number of H-pyrrole nitrogens is 1. The topological polar surface area (TPSA) is 69.2 Å². The molecule has 1 saturated heterocycles. The third kappa shape index (κ3) is 3.68. The molecule has 5 nitrogen and oxygen atoms in total. The van der Waals surface area contributed by atoms with Gasteiger partial charge >= 0.3 is 0 Å². The molecular formula is C21H23N3O2S. The van der Waals surface area contributed by atoms with Gasteiger partial charge in [-0.05, 0) is 37.1 Å². The fourth-order valence-corrected chi connectivity index (χ4v) is 4.46. The fourth-order valence-electron chi connectivity index (χ4n) is 3.66. The lowest BCUT2D eigenvalue weighted by atomic mass is 9.90. The van der Waals surface area contributed by atoms with Crippen LogP contribution in [-0.2, 0) is 0 Å². The molecule has 0 bridgehead atoms. The first-order valence-electron chi connectivity index (χ1n) is 9.26. The van der Waals surface area contributed by atoms with Gasteiger partial charge in [-0.2, -0.15) is 0 Å². The van der Waals surface area contributed by atoms with E-state index in [1.54, 1.807) is 11.3 Å². The van der Waals surface area contributed by atoms with E-state index in [-0.39, 0.29) is 11.8 Å². The number of aliphatic hydroxyl groups is 1. The van der Waals surface area contributed by atoms with Gasteiger partial charge in [0.15, 0.2) is 0 Å². The summed E-state index contributed by atoms with van der Waals surface area (Å²) in [5.41, 5.74) is 2.25. The van der Waals surface area contributed by atoms with E-state index in [1.165, 1.54) is 0 Å². The standard InChI is InChI=1S/C21H23N3O2S/c1-14-18(23-20(22-14)16-6-3-2-4-7-16)21(26)24-11-9-15(10-12-24)19(25)17-8-5-13-27-17/h2-8,13,15,19,25H,9-12H2,1H3,(H,22,23). The number of amides is 1. The number of benzene rings is 1. The van der Waals surface area contributed by atoms with Crippen LogP contribution in [0.3, 0.4) is 0 Å². The number of carbonyl (C=O) groups is 1. The van der Waals surface area contributed by atoms with Gasteiger partial charge in [-0.1, -0.05) is 36.4 Å². The predicted molar refractivity (Wildman–Crippen MR) is 107 cm³/mol. The number of aliphatic hydroxyl groups excluding tert-OH is 1. The van der Waals surface area contributed by atoms with Gasteiger partial charge in [0, 0.05) is 29.2 Å². The van der Waals surface area contributed by atoms with Crippen LogP contribution in [0.1, 0.15) is 40.0 Å². The van der Waals surface area contributed by atoms with E-state index in [9.17, 15) is 9.90 Å². The van der Waals surface area contributed by atoms with Crippen LogP contribution in [0.5, 0.6) is 0 Å². The number of likely N-dealkylation sites (tertiary alicyclic amines) is 1. The number of aromatic amines is 1. The minimum Gasteiger partial charge on any atom is -0.387 e. The number of rotatable bonds is 4. The fraction of sp³-hybridized carbons (Fsp3) is 0.333. The van der Waals surface area contributed by atoms with Crippen molar-refractivity contribution in [3.63, 3.8) is 0 Å². The van der Waals surface area contributed by atoms with Crippen LogP contribution in [0, 0.1) is 12.8 Å². The third-order valence-electron chi connectivity index (χ3n) is 5.24. The Bertz CT molecular complexity index is 897. The van der Waals surface area contributed by atoms with Crippen molar-refractivity contribution in [1.82, 2.24) is 14.9 Å². The van der Waals surface area contributed by atoms with Gasteiger partial charge in [0.2, 0.25) is 0 Å². The van der Waals surface area contributed by atoms with Crippen LogP contribution in [0.25, 0.3) is 11.4 Å². The Balaban J connectivity index is 1.43. The maximum atomic E-state index is 13.0. The first kappa shape index (κ1) is 17.9. The Labute approximate surface area is 162 Å². The summed E-state index contributed by atoms with van der Waals surface area (Å²) >= 11 is 1.59. The van der Waals surface area contributed by atoms with Crippen LogP contribution in [0.15, 0.2) is 47.8 Å². The summed E-state index contributed by atoms with van der Waals surface area (Å²) in [4.78, 5) is 23.6. The number of nitrogens with zero attached hydrogens (tertiary/aromatic N) is 2. The average molecular weight is 382 g/mol. The van der Waals surface area contributed by atoms with E-state index >= 15 is 0 Å². The van der Waals surface area contributed by atoms with E-state index < -0.39 is 6.10 Å². The number of thiophene rings is 1. The summed E-state index contributed by atoms with van der Waals surface area (Å²) < 4.78 is 0. The molecule has 6 heteroatoms. The Hall–Kier alpha value is -2.44. The summed E-state index contributed by atoms with van der Waals surface area (Å²) in [5, 5.41) is 12.5. The number of nitrogens with one attached hydrogen (secondary N) is 1. The highest BCUT2D eigenvalue weighted by molar-refractivity contribution is 7.10. The molecule has 2 aromatic heterocycles. The zero-order valence-electron chi connectivity index (χ0n) is 15.3. The molecule has 140 valence electrons. The molecule has 1 aromatic carbocycles. The number of hydrogen-bond donors (Lipinski definition) is 2. The molecule has 27 heavy (non-hydrogen) atoms. The van der Waals surface area contributed by atoms with Crippen molar-refractivity contribution >= 4 is 17.2 Å². The molecule has 1 aliphatic heterocycles. The molecule has 1 unspecified atom stereocenters. The molecule has 1 atom stereocenters. The molecule has 2 N–H and O–H groups in total. The molecule has 0 radical (unpaired) electrons. The highest BCUT2D eigenvalue weighted by atomic mass is 32.1. The Morgan fingerprint density at radius 1 is 1.22 bits per heavy atom. The lowest BCUT2D eigenvalue weighted by Gasteiger charge is -2.33. The molecule has 0 saturated carbocycles. The molecule has 0 aliphatic carbocycles. The van der Waals surface area contributed by atoms with Gasteiger partial charge in [0.25, 0.3) is 5.91 Å². The molecule has 4 rings (SSSR count). The normalized spacial score (nSPS) is 16.4. The van der Waals surface area contributed by atoms with E-state index in [4.69, 9.17) is 0 Å². The molecule has 0 spiro atoms. The predicted octanol–water partition coefficient (Wildman–Crippen LogP) is 4.03. The van der Waals surface area contributed by atoms with Crippen molar-refractivity contribution in [1.29, 1.82) is 0 Å². The van der Waals surface area contributed by atoms with Crippen molar-refractivity contribution in [2.75, 3.05) is 13.1 Å². The van der Waals surface area contributed by atoms with Gasteiger partial charge in [-0.15, -0.1) is 11.3 Å². The summed E-state index contributed by atoms with van der Waals surface area (Å²) in [5.74, 6) is 0.891. The van der Waals surface area contributed by atoms with Gasteiger partial charge < -0.3 is 15.0 Å². The van der Waals surface area contributed by atoms with Crippen molar-refractivity contribution in [2.45, 2.75) is 25.9 Å². The second-order valence-electron chi connectivity index (χ2n) is 7.01. The van der Waals surface area contributed by atoms with Crippen LogP contribution in [0.4, 0.5) is 0 Å². The van der Waals surface area contributed by atoms with Crippen LogP contribution in [0.2, 0.25) is 0 Å². The van der Waals surface area contributed by atoms with Crippen molar-refractivity contribution in [2.24, 2.45) is 5.92 Å². The first-order chi connectivity index (χ1) is 13.1. The van der Waals surface area contributed by atoms with Crippen molar-refractivity contribution in [3.8, 4) is 11.4 Å². The summed E-state index contributed by atoms with van der Waals surface area (Å²) in [6, 6.07) is 13.8. The number of carbonyl (C=O) groups excluding carboxylic acids is 1. The Kier molecular flexibility index (Phi) is 5.09. The van der Waals surface area contributed by atoms with E-state index in [1.807, 2.05) is 59.7 Å². The quantitative estimate of drug-likeness (QED) is 0.717. The molecule has 1 aliphatic rings. The second-order valence-corrected chi connectivity index (χ2v) is 7.99. The summed E-state index contributed by atoms with van der Waals surface area (Å²) in [6.45, 7) is 3.19. The molecule has 1 fully saturated rings. The zero-order chi connectivity index (χ0) is 18.8. The van der Waals surface area contributed by atoms with Crippen LogP contribution in [-0.4, -0.2) is 39.0 Å². The lowest BCUT2D eigenvalue weighted by Crippen LogP contribution is -2.40. The smallest absolute Gasteiger partial charge is 0.274 e. The Morgan fingerprint density at radius 2 is 1.96 bits per heavy atom. The molecule has 1 amide bonds. The maximum Gasteiger partial charge on any atom is 0.274 e. The first-order valence-corrected chi connectivity index (χ1v) is 10.1. The van der Waals surface area contributed by atoms with Gasteiger partial charge in [-0.3, -0.25) is 4.79 Å². The summed E-state index contributed by atoms with van der Waals surface area (Å²) in [7, 11) is 0. The number of aromatic nitrogens is 2. The van der Waals surface area contributed by atoms with E-state index in [0.717, 1.165) is 34.8 Å². The summed E-state index contributed by atoms with van der Waals surface area (Å²) in [6.07, 6.45) is 1.18. The van der Waals surface area contributed by atoms with Gasteiger partial charge in [0.05, 0.1) is 6.10 Å². The lowest BCUT2D eigenvalue weighted by molar-refractivity contribution is 0.0470. The number of aryl methyl sites for hydroxylation is 1. The zero-order valence-corrected chi connectivity index (χ0v) is 16.1. The highest BCUT2D eigenvalue weighted by Crippen LogP contribution is 2.33. The van der Waals surface area contributed by atoms with Crippen LogP contribution >= 0.6 is 11.3 Å². The van der Waals surface area contributed by atoms with E-state index in [0.29, 0.717) is 18.8 Å². The SMILES string of the molecule is Cc1[nH]c(-c2ccccc2)nc1C(=O)N1CCC(C(O)c2cccs2)CC1. The number of piperidine rings is 1. The molecular weight excluding hydrogens is 358 g/mol. The van der Waals surface area contributed by atoms with Crippen molar-refractivity contribution < 1.29 is 9.90 Å². The Morgan fingerprint density at radius 3 is 2.63 bits per heavy atom. The van der Waals surface area contributed by atoms with E-state index in [2.05, 4.69) is 9.97 Å². The maximum absolute atomic E-state index is 13.0. The number of hydrogen-bond acceptors (Lipinski definition) is 4. The third-order valence-corrected chi connectivity index (χ3v) is 6.19. The molecule has 3 heterocycles. The van der Waals surface area contributed by atoms with Crippen molar-refractivity contribution in [3.05, 3.63) is 64.1 Å². The number of imidazole rings is 1. The van der Waals surface area contributed by atoms with Crippen LogP contribution < -0.4 is 0 Å². The van der Waals surface area contributed by atoms with Gasteiger partial charge in [-0.25, -0.2) is 4.98 Å². The van der Waals surface area contributed by atoms with Gasteiger partial charge in [0.1, 0.15) is 11.5 Å². The average Bonchev–Trinajstić information content (AvgIpc) is 3.38. The largest absolute Gasteiger partial charge is 0.387 e. The minimum absolute atomic E-state index is 0.0324. The second kappa shape index (κ2) is 7.66. The highest BCUT2D eigenvalue weighted by Gasteiger charge is 2.30. The monoisotopic (exact) mass is 381 g/mol.